The summed E-state index contributed by atoms with van der Waals surface area (Å²) in [5, 5.41) is 7.45. The Balaban J connectivity index is 1.83. The van der Waals surface area contributed by atoms with Crippen molar-refractivity contribution in [2.24, 2.45) is 7.05 Å². The van der Waals surface area contributed by atoms with Gasteiger partial charge < -0.3 is 5.32 Å². The first-order chi connectivity index (χ1) is 7.25. The maximum Gasteiger partial charge on any atom is 0.0552 e. The Morgan fingerprint density at radius 2 is 2.33 bits per heavy atom. The summed E-state index contributed by atoms with van der Waals surface area (Å²) in [4.78, 5) is 1.22. The van der Waals surface area contributed by atoms with Crippen molar-refractivity contribution in [3.05, 3.63) is 33.5 Å². The second-order valence-corrected chi connectivity index (χ2v) is 4.96. The van der Waals surface area contributed by atoms with E-state index in [-0.39, 0.29) is 0 Å². The zero-order chi connectivity index (χ0) is 10.7. The molecular weight excluding hydrogens is 276 g/mol. The number of rotatable bonds is 4. The lowest BCUT2D eigenvalue weighted by atomic mass is 10.3. The molecule has 0 saturated carbocycles. The topological polar surface area (TPSA) is 42.7 Å². The summed E-state index contributed by atoms with van der Waals surface area (Å²) in [7, 11) is 1.92. The normalized spacial score (nSPS) is 10.8. The molecule has 0 aliphatic heterocycles. The minimum atomic E-state index is 0.832. The van der Waals surface area contributed by atoms with Crippen molar-refractivity contribution < 1.29 is 0 Å². The molecule has 2 rings (SSSR count). The van der Waals surface area contributed by atoms with Gasteiger partial charge in [-0.3, -0.25) is 4.68 Å². The summed E-state index contributed by atoms with van der Waals surface area (Å²) in [5.74, 6) is 0. The largest absolute Gasteiger partial charge is 0.308 e. The van der Waals surface area contributed by atoms with Crippen molar-refractivity contribution in [2.75, 3.05) is 0 Å². The number of aromatic nitrogens is 3. The predicted octanol–water partition coefficient (Wildman–Crippen LogP) is 1.93. The van der Waals surface area contributed by atoms with Crippen molar-refractivity contribution in [3.8, 4) is 0 Å². The Labute approximate surface area is 101 Å². The van der Waals surface area contributed by atoms with Gasteiger partial charge in [-0.05, 0) is 27.5 Å². The third-order valence-electron chi connectivity index (χ3n) is 1.97. The molecule has 0 saturated heterocycles. The maximum absolute atomic E-state index is 4.11. The lowest BCUT2D eigenvalue weighted by Gasteiger charge is -2.00. The number of nitrogens with zero attached hydrogens (tertiary/aromatic N) is 3. The molecule has 0 spiro atoms. The van der Waals surface area contributed by atoms with Crippen LogP contribution < -0.4 is 5.32 Å². The minimum absolute atomic E-state index is 0.832. The van der Waals surface area contributed by atoms with Crippen LogP contribution in [-0.2, 0) is 20.1 Å². The average Bonchev–Trinajstić information content (AvgIpc) is 2.77. The lowest BCUT2D eigenvalue weighted by Crippen LogP contribution is -2.11. The van der Waals surface area contributed by atoms with Gasteiger partial charge in [0.2, 0.25) is 0 Å². The van der Waals surface area contributed by atoms with Crippen molar-refractivity contribution in [1.29, 1.82) is 0 Å². The lowest BCUT2D eigenvalue weighted by molar-refractivity contribution is 0.697. The van der Waals surface area contributed by atoms with E-state index in [2.05, 4.69) is 30.7 Å². The Morgan fingerprint density at radius 1 is 1.47 bits per heavy atom. The smallest absolute Gasteiger partial charge is 0.0552 e. The molecule has 0 bridgehead atoms. The second-order valence-electron chi connectivity index (χ2n) is 3.22. The van der Waals surface area contributed by atoms with E-state index < -0.39 is 0 Å². The highest BCUT2D eigenvalue weighted by molar-refractivity contribution is 9.10. The second kappa shape index (κ2) is 4.87. The standard InChI is InChI=1S/C9H11BrN4S/c1-14-6-7(3-12-14)2-11-5-9-8(10)4-13-15-9/h3-4,6,11H,2,5H2,1H3. The summed E-state index contributed by atoms with van der Waals surface area (Å²) in [5.41, 5.74) is 1.19. The van der Waals surface area contributed by atoms with Gasteiger partial charge in [0.25, 0.3) is 0 Å². The van der Waals surface area contributed by atoms with Crippen LogP contribution >= 0.6 is 27.5 Å². The van der Waals surface area contributed by atoms with Crippen LogP contribution in [0.25, 0.3) is 0 Å². The highest BCUT2D eigenvalue weighted by atomic mass is 79.9. The van der Waals surface area contributed by atoms with Crippen LogP contribution in [0.5, 0.6) is 0 Å². The molecule has 2 aromatic rings. The molecule has 80 valence electrons. The van der Waals surface area contributed by atoms with E-state index in [0.717, 1.165) is 17.6 Å². The SMILES string of the molecule is Cn1cc(CNCc2sncc2Br)cn1. The fraction of sp³-hybridized carbons (Fsp3) is 0.333. The molecule has 2 aromatic heterocycles. The molecule has 6 heteroatoms. The first kappa shape index (κ1) is 10.8. The number of hydrogen-bond acceptors (Lipinski definition) is 4. The molecule has 0 aromatic carbocycles. The first-order valence-corrected chi connectivity index (χ1v) is 6.09. The van der Waals surface area contributed by atoms with Crippen LogP contribution in [0.3, 0.4) is 0 Å². The van der Waals surface area contributed by atoms with Crippen LogP contribution in [0.1, 0.15) is 10.4 Å². The fourth-order valence-corrected chi connectivity index (χ4v) is 2.44. The van der Waals surface area contributed by atoms with E-state index in [1.165, 1.54) is 22.0 Å². The molecule has 0 unspecified atom stereocenters. The molecule has 0 aliphatic carbocycles. The van der Waals surface area contributed by atoms with E-state index in [9.17, 15) is 0 Å². The van der Waals surface area contributed by atoms with Gasteiger partial charge in [-0.15, -0.1) is 0 Å². The number of nitrogens with one attached hydrogen (secondary N) is 1. The zero-order valence-electron chi connectivity index (χ0n) is 8.27. The van der Waals surface area contributed by atoms with Crippen molar-refractivity contribution in [1.82, 2.24) is 19.5 Å². The van der Waals surface area contributed by atoms with Crippen LogP contribution in [0, 0.1) is 0 Å². The molecule has 1 N–H and O–H groups in total. The summed E-state index contributed by atoms with van der Waals surface area (Å²) in [6.45, 7) is 1.67. The molecule has 0 aliphatic rings. The Bertz CT molecular complexity index is 437. The number of halogens is 1. The molecule has 4 nitrogen and oxygen atoms in total. The number of hydrogen-bond donors (Lipinski definition) is 1. The summed E-state index contributed by atoms with van der Waals surface area (Å²) >= 11 is 4.96. The van der Waals surface area contributed by atoms with Gasteiger partial charge >= 0.3 is 0 Å². The van der Waals surface area contributed by atoms with E-state index in [1.807, 2.05) is 25.6 Å². The van der Waals surface area contributed by atoms with E-state index >= 15 is 0 Å². The fourth-order valence-electron chi connectivity index (χ4n) is 1.25. The highest BCUT2D eigenvalue weighted by Crippen LogP contribution is 2.19. The summed E-state index contributed by atoms with van der Waals surface area (Å²) < 4.78 is 6.97. The van der Waals surface area contributed by atoms with Gasteiger partial charge in [0.1, 0.15) is 0 Å². The zero-order valence-corrected chi connectivity index (χ0v) is 10.7. The van der Waals surface area contributed by atoms with Crippen molar-refractivity contribution in [3.63, 3.8) is 0 Å². The highest BCUT2D eigenvalue weighted by Gasteiger charge is 2.02. The molecule has 2 heterocycles. The van der Waals surface area contributed by atoms with Crippen LogP contribution in [0.4, 0.5) is 0 Å². The molecule has 15 heavy (non-hydrogen) atoms. The van der Waals surface area contributed by atoms with Crippen LogP contribution in [0.2, 0.25) is 0 Å². The first-order valence-electron chi connectivity index (χ1n) is 4.53. The summed E-state index contributed by atoms with van der Waals surface area (Å²) in [6.07, 6.45) is 5.70. The quantitative estimate of drug-likeness (QED) is 0.934. The maximum atomic E-state index is 4.11. The van der Waals surface area contributed by atoms with Crippen molar-refractivity contribution in [2.45, 2.75) is 13.1 Å². The van der Waals surface area contributed by atoms with E-state index in [0.29, 0.717) is 0 Å². The van der Waals surface area contributed by atoms with Gasteiger partial charge in [-0.1, -0.05) is 0 Å². The van der Waals surface area contributed by atoms with Gasteiger partial charge in [0, 0.05) is 31.9 Å². The van der Waals surface area contributed by atoms with Gasteiger partial charge in [0.15, 0.2) is 0 Å². The van der Waals surface area contributed by atoms with E-state index in [4.69, 9.17) is 0 Å². The number of aryl methyl sites for hydroxylation is 1. The summed E-state index contributed by atoms with van der Waals surface area (Å²) in [6, 6.07) is 0. The van der Waals surface area contributed by atoms with Crippen LogP contribution in [0.15, 0.2) is 23.1 Å². The third kappa shape index (κ3) is 2.87. The van der Waals surface area contributed by atoms with E-state index in [1.54, 1.807) is 4.68 Å². The molecule has 0 atom stereocenters. The minimum Gasteiger partial charge on any atom is -0.308 e. The Hall–Kier alpha value is -0.720. The monoisotopic (exact) mass is 286 g/mol. The third-order valence-corrected chi connectivity index (χ3v) is 3.71. The van der Waals surface area contributed by atoms with Gasteiger partial charge in [-0.25, -0.2) is 0 Å². The Morgan fingerprint density at radius 3 is 2.93 bits per heavy atom. The van der Waals surface area contributed by atoms with Gasteiger partial charge in [0.05, 0.1) is 21.7 Å². The average molecular weight is 287 g/mol. The molecule has 0 radical (unpaired) electrons. The molecule has 0 amide bonds. The molecular formula is C9H11BrN4S. The van der Waals surface area contributed by atoms with Crippen molar-refractivity contribution >= 4 is 27.5 Å². The Kier molecular flexibility index (Phi) is 3.50. The molecule has 0 fully saturated rings. The predicted molar refractivity (Wildman–Crippen MR) is 63.6 cm³/mol. The van der Waals surface area contributed by atoms with Crippen LogP contribution in [-0.4, -0.2) is 14.2 Å². The van der Waals surface area contributed by atoms with Gasteiger partial charge in [-0.2, -0.15) is 9.47 Å².